The van der Waals surface area contributed by atoms with E-state index < -0.39 is 0 Å². The maximum Gasteiger partial charge on any atom is 0.119 e. The largest absolute Gasteiger partial charge is 0.494 e. The summed E-state index contributed by atoms with van der Waals surface area (Å²) in [6.45, 7) is 9.60. The standard InChI is InChI=1S/C15H24O/c1-5-13(11-12(3)4)14-7-9-15(10-8-14)16-6-2/h7-10,12-13H,5-6,11H2,1-4H3. The van der Waals surface area contributed by atoms with Gasteiger partial charge in [-0.1, -0.05) is 32.9 Å². The van der Waals surface area contributed by atoms with Crippen LogP contribution in [0.15, 0.2) is 24.3 Å². The van der Waals surface area contributed by atoms with E-state index in [9.17, 15) is 0 Å². The monoisotopic (exact) mass is 220 g/mol. The molecule has 0 aliphatic carbocycles. The van der Waals surface area contributed by atoms with Gasteiger partial charge in [-0.25, -0.2) is 0 Å². The molecule has 0 saturated carbocycles. The van der Waals surface area contributed by atoms with Gasteiger partial charge >= 0.3 is 0 Å². The third-order valence-corrected chi connectivity index (χ3v) is 2.91. The maximum atomic E-state index is 5.46. The summed E-state index contributed by atoms with van der Waals surface area (Å²) in [4.78, 5) is 0. The van der Waals surface area contributed by atoms with Gasteiger partial charge in [-0.15, -0.1) is 0 Å². The zero-order valence-corrected chi connectivity index (χ0v) is 11.0. The second-order valence-corrected chi connectivity index (χ2v) is 4.74. The van der Waals surface area contributed by atoms with Gasteiger partial charge in [-0.05, 0) is 49.3 Å². The highest BCUT2D eigenvalue weighted by Crippen LogP contribution is 2.28. The Labute approximate surface area is 99.8 Å². The molecule has 0 saturated heterocycles. The average molecular weight is 220 g/mol. The van der Waals surface area contributed by atoms with Crippen molar-refractivity contribution in [1.29, 1.82) is 0 Å². The topological polar surface area (TPSA) is 9.23 Å². The first kappa shape index (κ1) is 13.1. The van der Waals surface area contributed by atoms with Crippen LogP contribution in [0.4, 0.5) is 0 Å². The van der Waals surface area contributed by atoms with Crippen LogP contribution in [-0.4, -0.2) is 6.61 Å². The Hall–Kier alpha value is -0.980. The van der Waals surface area contributed by atoms with Crippen LogP contribution in [0.1, 0.15) is 52.0 Å². The van der Waals surface area contributed by atoms with E-state index in [4.69, 9.17) is 4.74 Å². The Morgan fingerprint density at radius 3 is 2.12 bits per heavy atom. The molecule has 1 rings (SSSR count). The number of rotatable bonds is 6. The Bertz CT molecular complexity index is 287. The quantitative estimate of drug-likeness (QED) is 0.679. The predicted molar refractivity (Wildman–Crippen MR) is 70.1 cm³/mol. The second kappa shape index (κ2) is 6.57. The first-order valence-electron chi connectivity index (χ1n) is 6.40. The molecule has 90 valence electrons. The van der Waals surface area contributed by atoms with Gasteiger partial charge in [-0.3, -0.25) is 0 Å². The van der Waals surface area contributed by atoms with Gasteiger partial charge in [0.25, 0.3) is 0 Å². The molecule has 0 heterocycles. The Balaban J connectivity index is 2.70. The maximum absolute atomic E-state index is 5.46. The van der Waals surface area contributed by atoms with E-state index in [-0.39, 0.29) is 0 Å². The zero-order chi connectivity index (χ0) is 12.0. The lowest BCUT2D eigenvalue weighted by Crippen LogP contribution is -2.02. The van der Waals surface area contributed by atoms with Crippen molar-refractivity contribution >= 4 is 0 Å². The molecule has 1 heteroatoms. The predicted octanol–water partition coefficient (Wildman–Crippen LogP) is 4.63. The first-order chi connectivity index (χ1) is 7.67. The lowest BCUT2D eigenvalue weighted by molar-refractivity contribution is 0.340. The molecule has 0 N–H and O–H groups in total. The fourth-order valence-corrected chi connectivity index (χ4v) is 2.11. The van der Waals surface area contributed by atoms with Gasteiger partial charge in [0.2, 0.25) is 0 Å². The highest BCUT2D eigenvalue weighted by Gasteiger charge is 2.11. The third kappa shape index (κ3) is 3.88. The molecule has 0 fully saturated rings. The molecule has 0 amide bonds. The summed E-state index contributed by atoms with van der Waals surface area (Å²) in [6, 6.07) is 8.59. The fourth-order valence-electron chi connectivity index (χ4n) is 2.11. The Morgan fingerprint density at radius 1 is 1.06 bits per heavy atom. The number of hydrogen-bond donors (Lipinski definition) is 0. The van der Waals surface area contributed by atoms with Crippen LogP contribution in [0.25, 0.3) is 0 Å². The van der Waals surface area contributed by atoms with E-state index >= 15 is 0 Å². The van der Waals surface area contributed by atoms with Crippen molar-refractivity contribution in [2.45, 2.75) is 46.5 Å². The molecule has 1 aromatic carbocycles. The summed E-state index contributed by atoms with van der Waals surface area (Å²) >= 11 is 0. The van der Waals surface area contributed by atoms with Crippen LogP contribution < -0.4 is 4.74 Å². The van der Waals surface area contributed by atoms with Crippen LogP contribution in [0.5, 0.6) is 5.75 Å². The Kier molecular flexibility index (Phi) is 5.37. The van der Waals surface area contributed by atoms with E-state index in [0.29, 0.717) is 5.92 Å². The van der Waals surface area contributed by atoms with Crippen LogP contribution in [-0.2, 0) is 0 Å². The minimum absolute atomic E-state index is 0.690. The molecule has 0 aliphatic rings. The van der Waals surface area contributed by atoms with E-state index in [0.717, 1.165) is 18.3 Å². The average Bonchev–Trinajstić information content (AvgIpc) is 2.27. The van der Waals surface area contributed by atoms with Gasteiger partial charge in [0, 0.05) is 0 Å². The smallest absolute Gasteiger partial charge is 0.119 e. The van der Waals surface area contributed by atoms with Crippen molar-refractivity contribution in [3.63, 3.8) is 0 Å². The molecule has 0 aliphatic heterocycles. The summed E-state index contributed by atoms with van der Waals surface area (Å²) in [5.74, 6) is 2.43. The molecule has 1 aromatic rings. The van der Waals surface area contributed by atoms with E-state index in [1.54, 1.807) is 0 Å². The minimum atomic E-state index is 0.690. The molecule has 0 radical (unpaired) electrons. The molecule has 16 heavy (non-hydrogen) atoms. The van der Waals surface area contributed by atoms with Crippen molar-refractivity contribution in [3.05, 3.63) is 29.8 Å². The van der Waals surface area contributed by atoms with Gasteiger partial charge < -0.3 is 4.74 Å². The molecule has 0 bridgehead atoms. The fraction of sp³-hybridized carbons (Fsp3) is 0.600. The zero-order valence-electron chi connectivity index (χ0n) is 11.0. The SMILES string of the molecule is CCOc1ccc(C(CC)CC(C)C)cc1. The van der Waals surface area contributed by atoms with E-state index in [1.807, 2.05) is 6.92 Å². The van der Waals surface area contributed by atoms with Gasteiger partial charge in [0.1, 0.15) is 5.75 Å². The van der Waals surface area contributed by atoms with Crippen LogP contribution in [0, 0.1) is 5.92 Å². The summed E-state index contributed by atoms with van der Waals surface area (Å²) in [5, 5.41) is 0. The molecular weight excluding hydrogens is 196 g/mol. The van der Waals surface area contributed by atoms with Gasteiger partial charge in [-0.2, -0.15) is 0 Å². The van der Waals surface area contributed by atoms with Crippen molar-refractivity contribution in [2.75, 3.05) is 6.61 Å². The number of hydrogen-bond acceptors (Lipinski definition) is 1. The van der Waals surface area contributed by atoms with Gasteiger partial charge in [0.05, 0.1) is 6.61 Å². The third-order valence-electron chi connectivity index (χ3n) is 2.91. The van der Waals surface area contributed by atoms with Crippen LogP contribution in [0.2, 0.25) is 0 Å². The van der Waals surface area contributed by atoms with Gasteiger partial charge in [0.15, 0.2) is 0 Å². The molecule has 1 unspecified atom stereocenters. The molecule has 1 atom stereocenters. The lowest BCUT2D eigenvalue weighted by atomic mass is 9.88. The summed E-state index contributed by atoms with van der Waals surface area (Å²) in [7, 11) is 0. The van der Waals surface area contributed by atoms with Crippen molar-refractivity contribution in [1.82, 2.24) is 0 Å². The highest BCUT2D eigenvalue weighted by atomic mass is 16.5. The summed E-state index contributed by atoms with van der Waals surface area (Å²) < 4.78 is 5.46. The first-order valence-corrected chi connectivity index (χ1v) is 6.40. The number of benzene rings is 1. The molecule has 1 nitrogen and oxygen atoms in total. The molecular formula is C15H24O. The number of ether oxygens (including phenoxy) is 1. The summed E-state index contributed by atoms with van der Waals surface area (Å²) in [5.41, 5.74) is 1.44. The van der Waals surface area contributed by atoms with Crippen LogP contribution in [0.3, 0.4) is 0 Å². The summed E-state index contributed by atoms with van der Waals surface area (Å²) in [6.07, 6.45) is 2.48. The van der Waals surface area contributed by atoms with E-state index in [1.165, 1.54) is 18.4 Å². The van der Waals surface area contributed by atoms with Crippen molar-refractivity contribution in [2.24, 2.45) is 5.92 Å². The van der Waals surface area contributed by atoms with Crippen molar-refractivity contribution in [3.8, 4) is 5.75 Å². The highest BCUT2D eigenvalue weighted by molar-refractivity contribution is 5.29. The lowest BCUT2D eigenvalue weighted by Gasteiger charge is -2.18. The van der Waals surface area contributed by atoms with Crippen LogP contribution >= 0.6 is 0 Å². The Morgan fingerprint density at radius 2 is 1.69 bits per heavy atom. The molecule has 0 spiro atoms. The van der Waals surface area contributed by atoms with E-state index in [2.05, 4.69) is 45.0 Å². The molecule has 0 aromatic heterocycles. The van der Waals surface area contributed by atoms with Crippen molar-refractivity contribution < 1.29 is 4.74 Å². The minimum Gasteiger partial charge on any atom is -0.494 e. The normalized spacial score (nSPS) is 12.8. The second-order valence-electron chi connectivity index (χ2n) is 4.74.